The summed E-state index contributed by atoms with van der Waals surface area (Å²) in [6.45, 7) is -1.47. The smallest absolute Gasteiger partial charge is 0.295 e. The van der Waals surface area contributed by atoms with Crippen molar-refractivity contribution in [3.63, 3.8) is 0 Å². The summed E-state index contributed by atoms with van der Waals surface area (Å²) in [4.78, 5) is 8.22. The number of hydrogen-bond acceptors (Lipinski definition) is 3. The van der Waals surface area contributed by atoms with Gasteiger partial charge in [-0.05, 0) is 0 Å². The lowest BCUT2D eigenvalue weighted by atomic mass is 10.4. The van der Waals surface area contributed by atoms with Gasteiger partial charge in [0.25, 0.3) is 0 Å². The molecule has 0 fully saturated rings. The lowest BCUT2D eigenvalue weighted by Crippen LogP contribution is -2.28. The van der Waals surface area contributed by atoms with Crippen molar-refractivity contribution in [2.45, 2.75) is 6.18 Å². The number of nitro groups is 1. The van der Waals surface area contributed by atoms with Crippen LogP contribution in [0, 0.1) is 15.5 Å². The molecule has 0 spiro atoms. The average Bonchev–Trinajstić information content (AvgIpc) is 1.60. The fourth-order valence-corrected chi connectivity index (χ4v) is 0.219. The Hall–Kier alpha value is -1.14. The predicted octanol–water partition coefficient (Wildman–Crippen LogP) is 0.845. The van der Waals surface area contributed by atoms with E-state index in [1.54, 1.807) is 0 Å². The van der Waals surface area contributed by atoms with E-state index in [-0.39, 0.29) is 0 Å². The molecular weight excluding hydrogens is 153 g/mol. The van der Waals surface area contributed by atoms with E-state index in [1.807, 2.05) is 0 Å². The summed E-state index contributed by atoms with van der Waals surface area (Å²) in [5.41, 5.74) is -1.84. The van der Waals surface area contributed by atoms with Crippen LogP contribution in [-0.2, 0) is 0 Å². The van der Waals surface area contributed by atoms with Crippen LogP contribution in [0.4, 0.5) is 13.2 Å². The number of nitrogens with zero attached hydrogens (tertiary/aromatic N) is 1. The van der Waals surface area contributed by atoms with Crippen LogP contribution in [0.5, 0.6) is 0 Å². The van der Waals surface area contributed by atoms with Crippen LogP contribution in [-0.4, -0.2) is 23.4 Å². The highest BCUT2D eigenvalue weighted by Gasteiger charge is 2.37. The number of halogens is 3. The second-order valence-corrected chi connectivity index (χ2v) is 1.47. The predicted molar refractivity (Wildman–Crippen MR) is 25.6 cm³/mol. The van der Waals surface area contributed by atoms with Gasteiger partial charge in [0, 0.05) is 4.92 Å². The highest BCUT2D eigenvalue weighted by molar-refractivity contribution is 5.87. The summed E-state index contributed by atoms with van der Waals surface area (Å²) in [5, 5.41) is 15.5. The minimum atomic E-state index is -4.87. The third-order valence-corrected chi connectivity index (χ3v) is 0.629. The highest BCUT2D eigenvalue weighted by atomic mass is 19.4. The minimum Gasteiger partial charge on any atom is -0.295 e. The molecule has 0 saturated heterocycles. The maximum absolute atomic E-state index is 11.3. The summed E-state index contributed by atoms with van der Waals surface area (Å²) in [6, 6.07) is 0. The molecule has 4 nitrogen and oxygen atoms in total. The van der Waals surface area contributed by atoms with E-state index in [0.717, 1.165) is 0 Å². The highest BCUT2D eigenvalue weighted by Crippen LogP contribution is 2.15. The lowest BCUT2D eigenvalue weighted by molar-refractivity contribution is -0.465. The Balaban J connectivity index is 3.99. The zero-order chi connectivity index (χ0) is 8.36. The van der Waals surface area contributed by atoms with E-state index in [2.05, 4.69) is 0 Å². The van der Waals surface area contributed by atoms with Crippen LogP contribution >= 0.6 is 0 Å². The van der Waals surface area contributed by atoms with Crippen molar-refractivity contribution < 1.29 is 18.1 Å². The number of nitrogens with one attached hydrogen (secondary N) is 1. The zero-order valence-corrected chi connectivity index (χ0v) is 4.60. The first-order valence-electron chi connectivity index (χ1n) is 2.10. The summed E-state index contributed by atoms with van der Waals surface area (Å²) < 4.78 is 33.8. The topological polar surface area (TPSA) is 67.0 Å². The van der Waals surface area contributed by atoms with E-state index in [9.17, 15) is 23.3 Å². The quantitative estimate of drug-likeness (QED) is 0.365. The van der Waals surface area contributed by atoms with Gasteiger partial charge in [-0.1, -0.05) is 0 Å². The van der Waals surface area contributed by atoms with Crippen molar-refractivity contribution in [3.05, 3.63) is 10.1 Å². The number of rotatable bonds is 2. The Kier molecular flexibility index (Phi) is 2.33. The molecule has 0 aliphatic heterocycles. The van der Waals surface area contributed by atoms with Gasteiger partial charge in [0.1, 0.15) is 0 Å². The van der Waals surface area contributed by atoms with E-state index < -0.39 is 23.4 Å². The van der Waals surface area contributed by atoms with Crippen LogP contribution in [0.3, 0.4) is 0 Å². The van der Waals surface area contributed by atoms with Crippen molar-refractivity contribution in [2.75, 3.05) is 6.54 Å². The van der Waals surface area contributed by atoms with E-state index in [4.69, 9.17) is 5.41 Å². The molecule has 0 aromatic carbocycles. The monoisotopic (exact) mass is 156 g/mol. The van der Waals surface area contributed by atoms with E-state index in [0.29, 0.717) is 0 Å². The molecule has 0 unspecified atom stereocenters. The van der Waals surface area contributed by atoms with Crippen molar-refractivity contribution in [3.8, 4) is 0 Å². The van der Waals surface area contributed by atoms with Gasteiger partial charge in [0.2, 0.25) is 6.54 Å². The van der Waals surface area contributed by atoms with Gasteiger partial charge in [-0.15, -0.1) is 0 Å². The van der Waals surface area contributed by atoms with Crippen LogP contribution < -0.4 is 0 Å². The molecule has 0 heterocycles. The van der Waals surface area contributed by atoms with E-state index >= 15 is 0 Å². The molecule has 0 saturated carbocycles. The molecule has 0 aromatic heterocycles. The fraction of sp³-hybridized carbons (Fsp3) is 0.667. The molecule has 0 aliphatic carbocycles. The summed E-state index contributed by atoms with van der Waals surface area (Å²) in [5.74, 6) is 0. The van der Waals surface area contributed by atoms with Crippen molar-refractivity contribution in [1.82, 2.24) is 0 Å². The Morgan fingerprint density at radius 3 is 2.10 bits per heavy atom. The summed E-state index contributed by atoms with van der Waals surface area (Å²) in [6.07, 6.45) is -4.87. The Labute approximate surface area is 53.3 Å². The molecule has 1 N–H and O–H groups in total. The molecule has 0 aromatic rings. The lowest BCUT2D eigenvalue weighted by Gasteiger charge is -2.01. The maximum Gasteiger partial charge on any atom is 0.435 e. The molecule has 0 amide bonds. The minimum absolute atomic E-state index is 1.20. The van der Waals surface area contributed by atoms with E-state index in [1.165, 1.54) is 0 Å². The van der Waals surface area contributed by atoms with Crippen molar-refractivity contribution in [2.24, 2.45) is 0 Å². The van der Waals surface area contributed by atoms with Gasteiger partial charge < -0.3 is 0 Å². The number of alkyl halides is 3. The standard InChI is InChI=1S/C3H3F3N2O2/c4-3(5,6)2(7)1-8(9)10/h7H,1H2. The molecular formula is C3H3F3N2O2. The molecule has 0 rings (SSSR count). The van der Waals surface area contributed by atoms with Gasteiger partial charge in [-0.25, -0.2) is 0 Å². The second kappa shape index (κ2) is 2.63. The molecule has 0 atom stereocenters. The van der Waals surface area contributed by atoms with Crippen molar-refractivity contribution >= 4 is 5.71 Å². The Morgan fingerprint density at radius 1 is 1.60 bits per heavy atom. The summed E-state index contributed by atoms with van der Waals surface area (Å²) >= 11 is 0. The molecule has 7 heteroatoms. The Morgan fingerprint density at radius 2 is 2.00 bits per heavy atom. The van der Waals surface area contributed by atoms with Crippen molar-refractivity contribution in [1.29, 1.82) is 5.41 Å². The third-order valence-electron chi connectivity index (χ3n) is 0.629. The third kappa shape index (κ3) is 3.00. The Bertz CT molecular complexity index is 164. The first kappa shape index (κ1) is 8.86. The first-order valence-corrected chi connectivity index (χ1v) is 2.10. The largest absolute Gasteiger partial charge is 0.435 e. The van der Waals surface area contributed by atoms with Gasteiger partial charge in [0.15, 0.2) is 5.71 Å². The van der Waals surface area contributed by atoms with Crippen LogP contribution in [0.15, 0.2) is 0 Å². The number of hydrogen-bond donors (Lipinski definition) is 1. The van der Waals surface area contributed by atoms with Gasteiger partial charge in [-0.2, -0.15) is 13.2 Å². The molecule has 10 heavy (non-hydrogen) atoms. The zero-order valence-electron chi connectivity index (χ0n) is 4.60. The first-order chi connectivity index (χ1) is 4.34. The maximum atomic E-state index is 11.3. The van der Waals surface area contributed by atoms with Crippen LogP contribution in [0.25, 0.3) is 0 Å². The average molecular weight is 156 g/mol. The van der Waals surface area contributed by atoms with Gasteiger partial charge >= 0.3 is 6.18 Å². The SMILES string of the molecule is N=C(C[N+](=O)[O-])C(F)(F)F. The normalized spacial score (nSPS) is 11.1. The molecule has 0 bridgehead atoms. The molecule has 0 aliphatic rings. The van der Waals surface area contributed by atoms with Crippen LogP contribution in [0.1, 0.15) is 0 Å². The van der Waals surface area contributed by atoms with Gasteiger partial charge in [-0.3, -0.25) is 15.5 Å². The molecule has 58 valence electrons. The van der Waals surface area contributed by atoms with Gasteiger partial charge in [0.05, 0.1) is 0 Å². The summed E-state index contributed by atoms with van der Waals surface area (Å²) in [7, 11) is 0. The fourth-order valence-electron chi connectivity index (χ4n) is 0.219. The second-order valence-electron chi connectivity index (χ2n) is 1.47. The van der Waals surface area contributed by atoms with Crippen LogP contribution in [0.2, 0.25) is 0 Å². The molecule has 0 radical (unpaired) electrons.